The van der Waals surface area contributed by atoms with Crippen molar-refractivity contribution < 1.29 is 0 Å². The summed E-state index contributed by atoms with van der Waals surface area (Å²) in [4.78, 5) is 4.09. The van der Waals surface area contributed by atoms with Crippen LogP contribution in [0.15, 0.2) is 29.6 Å². The van der Waals surface area contributed by atoms with Crippen molar-refractivity contribution in [3.63, 3.8) is 0 Å². The maximum atomic E-state index is 4.31. The highest BCUT2D eigenvalue weighted by Gasteiger charge is 2.10. The highest BCUT2D eigenvalue weighted by Crippen LogP contribution is 2.29. The molecule has 0 N–H and O–H groups in total. The molecular formula is C10H11N3S2. The van der Waals surface area contributed by atoms with E-state index in [0.29, 0.717) is 0 Å². The van der Waals surface area contributed by atoms with Crippen LogP contribution in [0.25, 0.3) is 11.3 Å². The van der Waals surface area contributed by atoms with Crippen LogP contribution in [0.4, 0.5) is 0 Å². The van der Waals surface area contributed by atoms with Gasteiger partial charge in [-0.3, -0.25) is 4.98 Å². The molecule has 0 unspecified atom stereocenters. The average Bonchev–Trinajstić information content (AvgIpc) is 2.75. The van der Waals surface area contributed by atoms with Gasteiger partial charge in [0, 0.05) is 18.0 Å². The molecule has 0 saturated heterocycles. The molecule has 0 radical (unpaired) electrons. The van der Waals surface area contributed by atoms with Gasteiger partial charge in [0.05, 0.1) is 11.7 Å². The van der Waals surface area contributed by atoms with Gasteiger partial charge in [-0.05, 0) is 24.3 Å². The van der Waals surface area contributed by atoms with Crippen LogP contribution in [0.2, 0.25) is 0 Å². The summed E-state index contributed by atoms with van der Waals surface area (Å²) in [6, 6.07) is 3.93. The fourth-order valence-corrected chi connectivity index (χ4v) is 2.69. The number of nitrogens with zero attached hydrogens (tertiary/aromatic N) is 3. The number of thioether (sulfide) groups is 1. The van der Waals surface area contributed by atoms with E-state index >= 15 is 0 Å². The van der Waals surface area contributed by atoms with E-state index in [4.69, 9.17) is 0 Å². The molecule has 3 nitrogen and oxygen atoms in total. The third-order valence-electron chi connectivity index (χ3n) is 1.84. The van der Waals surface area contributed by atoms with Crippen LogP contribution in [0.1, 0.15) is 13.3 Å². The van der Waals surface area contributed by atoms with Crippen molar-refractivity contribution in [1.82, 2.24) is 13.7 Å². The quantitative estimate of drug-likeness (QED) is 0.766. The first-order valence-electron chi connectivity index (χ1n) is 4.77. The third kappa shape index (κ3) is 2.54. The Morgan fingerprint density at radius 1 is 1.40 bits per heavy atom. The zero-order valence-corrected chi connectivity index (χ0v) is 10.0. The topological polar surface area (TPSA) is 38.7 Å². The standard InChI is InChI=1S/C10H11N3S2/c1-2-6-14-10-9(12-15-13-10)8-4-3-5-11-7-8/h3-5,7H,2,6H2,1H3. The molecule has 0 aliphatic rings. The van der Waals surface area contributed by atoms with Gasteiger partial charge in [-0.15, -0.1) is 11.8 Å². The van der Waals surface area contributed by atoms with E-state index in [1.165, 1.54) is 11.7 Å². The summed E-state index contributed by atoms with van der Waals surface area (Å²) in [7, 11) is 0. The second kappa shape index (κ2) is 5.23. The molecule has 2 aromatic heterocycles. The number of hydrogen-bond donors (Lipinski definition) is 0. The molecule has 2 aromatic rings. The molecule has 0 fully saturated rings. The number of hydrogen-bond acceptors (Lipinski definition) is 5. The van der Waals surface area contributed by atoms with Crippen LogP contribution in [0.3, 0.4) is 0 Å². The van der Waals surface area contributed by atoms with Gasteiger partial charge in [-0.2, -0.15) is 8.75 Å². The number of rotatable bonds is 4. The van der Waals surface area contributed by atoms with Crippen LogP contribution in [0, 0.1) is 0 Å². The minimum absolute atomic E-state index is 0.964. The number of aromatic nitrogens is 3. The molecule has 15 heavy (non-hydrogen) atoms. The van der Waals surface area contributed by atoms with Crippen molar-refractivity contribution >= 4 is 23.5 Å². The van der Waals surface area contributed by atoms with E-state index in [9.17, 15) is 0 Å². The zero-order chi connectivity index (χ0) is 10.5. The van der Waals surface area contributed by atoms with E-state index in [2.05, 4.69) is 20.7 Å². The molecule has 2 heterocycles. The summed E-state index contributed by atoms with van der Waals surface area (Å²) < 4.78 is 8.60. The number of pyridine rings is 1. The maximum absolute atomic E-state index is 4.31. The first kappa shape index (κ1) is 10.6. The van der Waals surface area contributed by atoms with E-state index in [1.807, 2.05) is 18.3 Å². The highest BCUT2D eigenvalue weighted by atomic mass is 32.2. The molecule has 0 aromatic carbocycles. The summed E-state index contributed by atoms with van der Waals surface area (Å²) in [5.41, 5.74) is 2.01. The molecule has 0 bridgehead atoms. The smallest absolute Gasteiger partial charge is 0.138 e. The van der Waals surface area contributed by atoms with E-state index in [0.717, 1.165) is 28.5 Å². The molecule has 5 heteroatoms. The second-order valence-corrected chi connectivity index (χ2v) is 4.62. The van der Waals surface area contributed by atoms with E-state index < -0.39 is 0 Å². The van der Waals surface area contributed by atoms with Crippen molar-refractivity contribution in [2.75, 3.05) is 5.75 Å². The summed E-state index contributed by atoms with van der Waals surface area (Å²) in [5.74, 6) is 1.08. The lowest BCUT2D eigenvalue weighted by atomic mass is 10.2. The van der Waals surface area contributed by atoms with Crippen molar-refractivity contribution in [2.45, 2.75) is 18.4 Å². The molecule has 78 valence electrons. The SMILES string of the molecule is CCCSc1nsnc1-c1cccnc1. The third-order valence-corrected chi connectivity index (χ3v) is 3.65. The Kier molecular flexibility index (Phi) is 3.69. The first-order chi connectivity index (χ1) is 7.42. The van der Waals surface area contributed by atoms with Gasteiger partial charge < -0.3 is 0 Å². The zero-order valence-electron chi connectivity index (χ0n) is 8.38. The van der Waals surface area contributed by atoms with E-state index in [-0.39, 0.29) is 0 Å². The summed E-state index contributed by atoms with van der Waals surface area (Å²) >= 11 is 3.02. The summed E-state index contributed by atoms with van der Waals surface area (Å²) in [6.07, 6.45) is 4.74. The van der Waals surface area contributed by atoms with Crippen LogP contribution < -0.4 is 0 Å². The van der Waals surface area contributed by atoms with Gasteiger partial charge in [0.2, 0.25) is 0 Å². The van der Waals surface area contributed by atoms with Crippen LogP contribution in [0.5, 0.6) is 0 Å². The molecule has 0 aliphatic heterocycles. The van der Waals surface area contributed by atoms with Crippen molar-refractivity contribution in [2.24, 2.45) is 0 Å². The van der Waals surface area contributed by atoms with Crippen molar-refractivity contribution in [3.8, 4) is 11.3 Å². The summed E-state index contributed by atoms with van der Waals surface area (Å²) in [5, 5.41) is 1.02. The predicted octanol–water partition coefficient (Wildman–Crippen LogP) is 3.10. The fraction of sp³-hybridized carbons (Fsp3) is 0.300. The first-order valence-corrected chi connectivity index (χ1v) is 6.49. The lowest BCUT2D eigenvalue weighted by Gasteiger charge is -1.98. The Balaban J connectivity index is 2.25. The Morgan fingerprint density at radius 2 is 2.33 bits per heavy atom. The van der Waals surface area contributed by atoms with Gasteiger partial charge in [-0.1, -0.05) is 6.92 Å². The van der Waals surface area contributed by atoms with Gasteiger partial charge in [0.15, 0.2) is 0 Å². The van der Waals surface area contributed by atoms with Crippen LogP contribution in [-0.4, -0.2) is 19.5 Å². The van der Waals surface area contributed by atoms with Crippen molar-refractivity contribution in [1.29, 1.82) is 0 Å². The minimum Gasteiger partial charge on any atom is -0.264 e. The van der Waals surface area contributed by atoms with Crippen LogP contribution >= 0.6 is 23.5 Å². The average molecular weight is 237 g/mol. The molecule has 0 atom stereocenters. The maximum Gasteiger partial charge on any atom is 0.138 e. The lowest BCUT2D eigenvalue weighted by Crippen LogP contribution is -1.83. The van der Waals surface area contributed by atoms with Gasteiger partial charge in [-0.25, -0.2) is 0 Å². The van der Waals surface area contributed by atoms with E-state index in [1.54, 1.807) is 18.0 Å². The Morgan fingerprint density at radius 3 is 3.07 bits per heavy atom. The Hall–Kier alpha value is -0.940. The Bertz CT molecular complexity index is 414. The Labute approximate surface area is 97.3 Å². The fourth-order valence-electron chi connectivity index (χ4n) is 1.15. The summed E-state index contributed by atoms with van der Waals surface area (Å²) in [6.45, 7) is 2.16. The minimum atomic E-state index is 0.964. The van der Waals surface area contributed by atoms with Gasteiger partial charge >= 0.3 is 0 Å². The van der Waals surface area contributed by atoms with Crippen molar-refractivity contribution in [3.05, 3.63) is 24.5 Å². The molecule has 0 saturated carbocycles. The molecule has 2 rings (SSSR count). The monoisotopic (exact) mass is 237 g/mol. The molecule has 0 aliphatic carbocycles. The molecule has 0 amide bonds. The highest BCUT2D eigenvalue weighted by molar-refractivity contribution is 7.99. The predicted molar refractivity (Wildman–Crippen MR) is 64.2 cm³/mol. The molecular weight excluding hydrogens is 226 g/mol. The molecule has 0 spiro atoms. The second-order valence-electron chi connectivity index (χ2n) is 3.01. The normalized spacial score (nSPS) is 10.5. The van der Waals surface area contributed by atoms with Gasteiger partial charge in [0.25, 0.3) is 0 Å². The van der Waals surface area contributed by atoms with Crippen LogP contribution in [-0.2, 0) is 0 Å². The largest absolute Gasteiger partial charge is 0.264 e. The van der Waals surface area contributed by atoms with Gasteiger partial charge in [0.1, 0.15) is 10.7 Å². The lowest BCUT2D eigenvalue weighted by molar-refractivity contribution is 1.10.